The van der Waals surface area contributed by atoms with Crippen molar-refractivity contribution in [3.8, 4) is 5.69 Å². The van der Waals surface area contributed by atoms with E-state index in [0.29, 0.717) is 12.5 Å². The summed E-state index contributed by atoms with van der Waals surface area (Å²) in [4.78, 5) is 4.65. The molecule has 1 saturated heterocycles. The maximum Gasteiger partial charge on any atom is 0.167 e. The quantitative estimate of drug-likeness (QED) is 0.776. The minimum absolute atomic E-state index is 0.292. The summed E-state index contributed by atoms with van der Waals surface area (Å²) in [7, 11) is 0. The predicted octanol–water partition coefficient (Wildman–Crippen LogP) is 2.40. The number of hydrogen-bond acceptors (Lipinski definition) is 4. The highest BCUT2D eigenvalue weighted by Gasteiger charge is 2.19. The number of aromatic nitrogens is 5. The van der Waals surface area contributed by atoms with Crippen molar-refractivity contribution in [2.45, 2.75) is 31.7 Å². The van der Waals surface area contributed by atoms with Crippen molar-refractivity contribution in [2.75, 3.05) is 6.54 Å². The maximum absolute atomic E-state index is 4.65. The molecule has 1 aliphatic rings. The summed E-state index contributed by atoms with van der Waals surface area (Å²) in [6.07, 6.45) is 8.23. The molecule has 1 aliphatic heterocycles. The first-order valence-electron chi connectivity index (χ1n) is 8.12. The average Bonchev–Trinajstić information content (AvgIpc) is 3.27. The normalized spacial score (nSPS) is 18.2. The molecule has 2 aromatic heterocycles. The van der Waals surface area contributed by atoms with Crippen LogP contribution in [0, 0.1) is 0 Å². The number of rotatable bonds is 4. The zero-order valence-corrected chi connectivity index (χ0v) is 12.9. The average molecular weight is 308 g/mol. The van der Waals surface area contributed by atoms with Crippen molar-refractivity contribution in [3.05, 3.63) is 59.9 Å². The Morgan fingerprint density at radius 2 is 2.09 bits per heavy atom. The Kier molecular flexibility index (Phi) is 3.90. The summed E-state index contributed by atoms with van der Waals surface area (Å²) < 4.78 is 1.88. The van der Waals surface area contributed by atoms with Crippen LogP contribution in [0.15, 0.2) is 42.7 Å². The molecule has 0 bridgehead atoms. The molecule has 0 aliphatic carbocycles. The van der Waals surface area contributed by atoms with Crippen LogP contribution in [0.3, 0.4) is 0 Å². The van der Waals surface area contributed by atoms with E-state index in [0.717, 1.165) is 35.9 Å². The largest absolute Gasteiger partial charge is 0.307 e. The lowest BCUT2D eigenvalue weighted by molar-refractivity contribution is 0.398. The lowest BCUT2D eigenvalue weighted by Gasteiger charge is -2.20. The van der Waals surface area contributed by atoms with E-state index >= 15 is 0 Å². The first kappa shape index (κ1) is 14.1. The smallest absolute Gasteiger partial charge is 0.167 e. The van der Waals surface area contributed by atoms with Crippen LogP contribution in [0.2, 0.25) is 0 Å². The zero-order chi connectivity index (χ0) is 15.5. The Morgan fingerprint density at radius 3 is 2.91 bits per heavy atom. The molecule has 118 valence electrons. The van der Waals surface area contributed by atoms with Crippen LogP contribution in [0.4, 0.5) is 0 Å². The summed E-state index contributed by atoms with van der Waals surface area (Å²) in [5.41, 5.74) is 2.18. The van der Waals surface area contributed by atoms with Crippen LogP contribution in [0.25, 0.3) is 5.69 Å². The summed E-state index contributed by atoms with van der Waals surface area (Å²) in [5.74, 6) is 1.77. The third-order valence-electron chi connectivity index (χ3n) is 4.20. The van der Waals surface area contributed by atoms with Gasteiger partial charge in [-0.3, -0.25) is 5.10 Å². The second-order valence-electron chi connectivity index (χ2n) is 5.95. The summed E-state index contributed by atoms with van der Waals surface area (Å²) in [5, 5.41) is 15.3. The number of nitrogens with one attached hydrogen (secondary N) is 2. The van der Waals surface area contributed by atoms with E-state index < -0.39 is 0 Å². The minimum Gasteiger partial charge on any atom is -0.307 e. The van der Waals surface area contributed by atoms with Crippen LogP contribution < -0.4 is 5.32 Å². The van der Waals surface area contributed by atoms with Gasteiger partial charge in [0.15, 0.2) is 5.82 Å². The van der Waals surface area contributed by atoms with Gasteiger partial charge in [-0.15, -0.1) is 0 Å². The van der Waals surface area contributed by atoms with Crippen molar-refractivity contribution in [3.63, 3.8) is 0 Å². The topological polar surface area (TPSA) is 71.4 Å². The molecule has 0 radical (unpaired) electrons. The van der Waals surface area contributed by atoms with Crippen molar-refractivity contribution in [1.29, 1.82) is 0 Å². The molecule has 0 spiro atoms. The van der Waals surface area contributed by atoms with Gasteiger partial charge in [-0.2, -0.15) is 10.2 Å². The molecule has 1 fully saturated rings. The fraction of sp³-hybridized carbons (Fsp3) is 0.353. The van der Waals surface area contributed by atoms with E-state index in [1.807, 2.05) is 47.4 Å². The fourth-order valence-electron chi connectivity index (χ4n) is 2.98. The first-order valence-corrected chi connectivity index (χ1v) is 8.12. The highest BCUT2D eigenvalue weighted by molar-refractivity contribution is 5.31. The van der Waals surface area contributed by atoms with Crippen molar-refractivity contribution >= 4 is 0 Å². The van der Waals surface area contributed by atoms with Gasteiger partial charge in [-0.1, -0.05) is 24.6 Å². The molecule has 1 atom stereocenters. The van der Waals surface area contributed by atoms with Gasteiger partial charge < -0.3 is 5.32 Å². The van der Waals surface area contributed by atoms with Gasteiger partial charge in [0.1, 0.15) is 5.82 Å². The summed E-state index contributed by atoms with van der Waals surface area (Å²) in [6, 6.07) is 10.4. The molecule has 6 heteroatoms. The molecule has 4 rings (SSSR count). The maximum atomic E-state index is 4.65. The van der Waals surface area contributed by atoms with Gasteiger partial charge >= 0.3 is 0 Å². The minimum atomic E-state index is 0.292. The Hall–Kier alpha value is -2.47. The predicted molar refractivity (Wildman–Crippen MR) is 87.3 cm³/mol. The third kappa shape index (κ3) is 3.17. The Balaban J connectivity index is 1.46. The molecule has 1 aromatic carbocycles. The molecule has 1 unspecified atom stereocenters. The lowest BCUT2D eigenvalue weighted by Crippen LogP contribution is -2.27. The number of benzene rings is 1. The molecule has 0 amide bonds. The molecule has 6 nitrogen and oxygen atoms in total. The number of para-hydroxylation sites is 1. The summed E-state index contributed by atoms with van der Waals surface area (Å²) >= 11 is 0. The molecular weight excluding hydrogens is 288 g/mol. The van der Waals surface area contributed by atoms with E-state index in [4.69, 9.17) is 0 Å². The number of hydrogen-bond donors (Lipinski definition) is 2. The van der Waals surface area contributed by atoms with Gasteiger partial charge in [0.2, 0.25) is 0 Å². The molecule has 2 N–H and O–H groups in total. The van der Waals surface area contributed by atoms with Gasteiger partial charge in [-0.05, 0) is 37.1 Å². The van der Waals surface area contributed by atoms with E-state index in [1.165, 1.54) is 12.8 Å². The van der Waals surface area contributed by atoms with Crippen molar-refractivity contribution < 1.29 is 0 Å². The number of piperidine rings is 1. The first-order chi connectivity index (χ1) is 11.4. The molecule has 23 heavy (non-hydrogen) atoms. The van der Waals surface area contributed by atoms with Crippen LogP contribution in [-0.2, 0) is 6.42 Å². The van der Waals surface area contributed by atoms with E-state index in [1.54, 1.807) is 0 Å². The van der Waals surface area contributed by atoms with Crippen molar-refractivity contribution in [2.24, 2.45) is 0 Å². The van der Waals surface area contributed by atoms with Crippen LogP contribution >= 0.6 is 0 Å². The van der Waals surface area contributed by atoms with Gasteiger partial charge in [0.05, 0.1) is 17.9 Å². The Morgan fingerprint density at radius 1 is 1.17 bits per heavy atom. The summed E-state index contributed by atoms with van der Waals surface area (Å²) in [6.45, 7) is 1.05. The van der Waals surface area contributed by atoms with Crippen LogP contribution in [0.5, 0.6) is 0 Å². The fourth-order valence-corrected chi connectivity index (χ4v) is 2.98. The SMILES string of the molecule is c1ccc(-n2cc(Cc3nc(C4CCCCN4)n[nH]3)cn2)cc1. The van der Waals surface area contributed by atoms with Crippen LogP contribution in [0.1, 0.15) is 42.5 Å². The monoisotopic (exact) mass is 308 g/mol. The highest BCUT2D eigenvalue weighted by atomic mass is 15.3. The third-order valence-corrected chi connectivity index (χ3v) is 4.20. The second-order valence-corrected chi connectivity index (χ2v) is 5.95. The molecule has 3 aromatic rings. The van der Waals surface area contributed by atoms with Gasteiger partial charge in [0, 0.05) is 12.6 Å². The molecular formula is C17H20N6. The Bertz CT molecular complexity index is 754. The highest BCUT2D eigenvalue weighted by Crippen LogP contribution is 2.20. The van der Waals surface area contributed by atoms with E-state index in [9.17, 15) is 0 Å². The second kappa shape index (κ2) is 6.34. The lowest BCUT2D eigenvalue weighted by atomic mass is 10.0. The standard InChI is InChI=1S/C17H20N6/c1-2-6-14(7-3-1)23-12-13(11-19-23)10-16-20-17(22-21-16)15-8-4-5-9-18-15/h1-3,6-7,11-12,15,18H,4-5,8-10H2,(H,20,21,22). The van der Waals surface area contributed by atoms with Gasteiger partial charge in [-0.25, -0.2) is 9.67 Å². The number of nitrogens with zero attached hydrogens (tertiary/aromatic N) is 4. The van der Waals surface area contributed by atoms with Crippen LogP contribution in [-0.4, -0.2) is 31.5 Å². The zero-order valence-electron chi connectivity index (χ0n) is 12.9. The van der Waals surface area contributed by atoms with Gasteiger partial charge in [0.25, 0.3) is 0 Å². The number of aromatic amines is 1. The number of H-pyrrole nitrogens is 1. The van der Waals surface area contributed by atoms with E-state index in [-0.39, 0.29) is 0 Å². The van der Waals surface area contributed by atoms with Crippen molar-refractivity contribution in [1.82, 2.24) is 30.3 Å². The van der Waals surface area contributed by atoms with E-state index in [2.05, 4.69) is 25.6 Å². The molecule has 0 saturated carbocycles. The Labute approximate surface area is 135 Å². The molecule has 3 heterocycles.